The molecule has 0 bridgehead atoms. The van der Waals surface area contributed by atoms with Crippen molar-refractivity contribution in [2.75, 3.05) is 0 Å². The third-order valence-electron chi connectivity index (χ3n) is 2.04. The minimum atomic E-state index is 0.0680. The lowest BCUT2D eigenvalue weighted by molar-refractivity contribution is 0.447. The summed E-state index contributed by atoms with van der Waals surface area (Å²) in [5, 5.41) is 18.6. The second kappa shape index (κ2) is 3.46. The Labute approximate surface area is 81.2 Å². The summed E-state index contributed by atoms with van der Waals surface area (Å²) in [6, 6.07) is 6.41. The van der Waals surface area contributed by atoms with Gasteiger partial charge in [0.05, 0.1) is 12.5 Å². The molecule has 0 aliphatic carbocycles. The molecule has 0 radical (unpaired) electrons. The maximum Gasteiger partial charge on any atom is 0.122 e. The van der Waals surface area contributed by atoms with E-state index in [9.17, 15) is 5.11 Å². The summed E-state index contributed by atoms with van der Waals surface area (Å²) in [5.74, 6) is 0.171. The van der Waals surface area contributed by atoms with E-state index < -0.39 is 0 Å². The van der Waals surface area contributed by atoms with Crippen molar-refractivity contribution in [3.05, 3.63) is 47.9 Å². The summed E-state index contributed by atoms with van der Waals surface area (Å²) >= 11 is 0. The van der Waals surface area contributed by atoms with Gasteiger partial charge in [-0.15, -0.1) is 0 Å². The first-order valence-corrected chi connectivity index (χ1v) is 4.27. The van der Waals surface area contributed by atoms with Crippen LogP contribution in [0.25, 0.3) is 0 Å². The molecule has 3 heteroatoms. The first-order valence-electron chi connectivity index (χ1n) is 4.27. The monoisotopic (exact) mass is 190 g/mol. The Hall–Kier alpha value is -1.90. The molecule has 3 nitrogen and oxygen atoms in total. The van der Waals surface area contributed by atoms with Crippen LogP contribution < -0.4 is 0 Å². The number of hydrogen-bond acceptors (Lipinski definition) is 3. The molecule has 0 spiro atoms. The molecule has 1 aromatic carbocycles. The molecule has 0 atom stereocenters. The van der Waals surface area contributed by atoms with E-state index in [1.807, 2.05) is 6.07 Å². The van der Waals surface area contributed by atoms with E-state index in [1.165, 1.54) is 6.07 Å². The molecular weight excluding hydrogens is 180 g/mol. The van der Waals surface area contributed by atoms with Gasteiger partial charge in [-0.25, -0.2) is 0 Å². The maximum absolute atomic E-state index is 9.50. The van der Waals surface area contributed by atoms with Crippen LogP contribution >= 0.6 is 0 Å². The van der Waals surface area contributed by atoms with Crippen LogP contribution in [0.15, 0.2) is 41.2 Å². The van der Waals surface area contributed by atoms with Gasteiger partial charge in [0.15, 0.2) is 0 Å². The standard InChI is InChI=1S/C11H10O3/c12-10-2-1-9(11(13)6-10)5-8-3-4-14-7-8/h1-4,6-7,12-13H,5H2. The molecule has 0 fully saturated rings. The summed E-state index contributed by atoms with van der Waals surface area (Å²) in [7, 11) is 0. The van der Waals surface area contributed by atoms with Gasteiger partial charge < -0.3 is 14.6 Å². The van der Waals surface area contributed by atoms with Crippen molar-refractivity contribution >= 4 is 0 Å². The molecule has 0 aliphatic rings. The Bertz CT molecular complexity index is 418. The topological polar surface area (TPSA) is 53.6 Å². The number of aromatic hydroxyl groups is 2. The van der Waals surface area contributed by atoms with Gasteiger partial charge in [-0.05, 0) is 23.3 Å². The van der Waals surface area contributed by atoms with Crippen LogP contribution in [0.3, 0.4) is 0 Å². The number of benzene rings is 1. The van der Waals surface area contributed by atoms with Gasteiger partial charge in [0.1, 0.15) is 11.5 Å². The van der Waals surface area contributed by atoms with Gasteiger partial charge in [-0.3, -0.25) is 0 Å². The first-order chi connectivity index (χ1) is 6.75. The maximum atomic E-state index is 9.50. The predicted octanol–water partition coefficient (Wildman–Crippen LogP) is 2.28. The van der Waals surface area contributed by atoms with Crippen LogP contribution in [0.5, 0.6) is 11.5 Å². The van der Waals surface area contributed by atoms with Crippen molar-refractivity contribution in [3.8, 4) is 11.5 Å². The normalized spacial score (nSPS) is 10.3. The molecular formula is C11H10O3. The van der Waals surface area contributed by atoms with Crippen LogP contribution in [0, 0.1) is 0 Å². The fourth-order valence-corrected chi connectivity index (χ4v) is 1.31. The predicted molar refractivity (Wildman–Crippen MR) is 51.3 cm³/mol. The van der Waals surface area contributed by atoms with Gasteiger partial charge >= 0.3 is 0 Å². The van der Waals surface area contributed by atoms with Crippen molar-refractivity contribution in [2.45, 2.75) is 6.42 Å². The summed E-state index contributed by atoms with van der Waals surface area (Å²) < 4.78 is 4.92. The first kappa shape index (κ1) is 8.69. The smallest absolute Gasteiger partial charge is 0.122 e. The largest absolute Gasteiger partial charge is 0.508 e. The Morgan fingerprint density at radius 3 is 2.64 bits per heavy atom. The third-order valence-corrected chi connectivity index (χ3v) is 2.04. The van der Waals surface area contributed by atoms with Crippen LogP contribution in [0.2, 0.25) is 0 Å². The molecule has 72 valence electrons. The summed E-state index contributed by atoms with van der Waals surface area (Å²) in [4.78, 5) is 0. The van der Waals surface area contributed by atoms with Crippen molar-refractivity contribution in [3.63, 3.8) is 0 Å². The number of phenols is 2. The second-order valence-electron chi connectivity index (χ2n) is 3.12. The number of rotatable bonds is 2. The van der Waals surface area contributed by atoms with Gasteiger partial charge in [-0.1, -0.05) is 6.07 Å². The SMILES string of the molecule is Oc1ccc(Cc2ccoc2)c(O)c1. The molecule has 0 saturated carbocycles. The lowest BCUT2D eigenvalue weighted by atomic mass is 10.1. The van der Waals surface area contributed by atoms with E-state index in [4.69, 9.17) is 9.52 Å². The highest BCUT2D eigenvalue weighted by Crippen LogP contribution is 2.24. The Balaban J connectivity index is 2.25. The summed E-state index contributed by atoms with van der Waals surface area (Å²) in [6.45, 7) is 0. The highest BCUT2D eigenvalue weighted by Gasteiger charge is 2.03. The quantitative estimate of drug-likeness (QED) is 0.763. The molecule has 2 aromatic rings. The Morgan fingerprint density at radius 2 is 2.00 bits per heavy atom. The van der Waals surface area contributed by atoms with E-state index >= 15 is 0 Å². The molecule has 2 rings (SSSR count). The lowest BCUT2D eigenvalue weighted by Gasteiger charge is -2.02. The average molecular weight is 190 g/mol. The van der Waals surface area contributed by atoms with E-state index in [0.29, 0.717) is 6.42 Å². The zero-order valence-electron chi connectivity index (χ0n) is 7.47. The van der Waals surface area contributed by atoms with E-state index in [-0.39, 0.29) is 11.5 Å². The third kappa shape index (κ3) is 1.71. The molecule has 2 N–H and O–H groups in total. The van der Waals surface area contributed by atoms with Crippen LogP contribution in [-0.4, -0.2) is 10.2 Å². The highest BCUT2D eigenvalue weighted by molar-refractivity contribution is 5.41. The average Bonchev–Trinajstić information content (AvgIpc) is 2.62. The van der Waals surface area contributed by atoms with Crippen molar-refractivity contribution in [1.29, 1.82) is 0 Å². The zero-order chi connectivity index (χ0) is 9.97. The number of furan rings is 1. The van der Waals surface area contributed by atoms with E-state index in [2.05, 4.69) is 0 Å². The Kier molecular flexibility index (Phi) is 2.14. The molecule has 0 saturated heterocycles. The van der Waals surface area contributed by atoms with Crippen LogP contribution in [0.1, 0.15) is 11.1 Å². The van der Waals surface area contributed by atoms with Gasteiger partial charge in [-0.2, -0.15) is 0 Å². The van der Waals surface area contributed by atoms with Gasteiger partial charge in [0.2, 0.25) is 0 Å². The molecule has 1 aromatic heterocycles. The van der Waals surface area contributed by atoms with E-state index in [0.717, 1.165) is 11.1 Å². The van der Waals surface area contributed by atoms with Crippen molar-refractivity contribution < 1.29 is 14.6 Å². The summed E-state index contributed by atoms with van der Waals surface area (Å²) in [5.41, 5.74) is 1.76. The zero-order valence-corrected chi connectivity index (χ0v) is 7.47. The van der Waals surface area contributed by atoms with Crippen molar-refractivity contribution in [1.82, 2.24) is 0 Å². The van der Waals surface area contributed by atoms with Gasteiger partial charge in [0, 0.05) is 12.5 Å². The molecule has 0 aliphatic heterocycles. The minimum Gasteiger partial charge on any atom is -0.508 e. The van der Waals surface area contributed by atoms with E-state index in [1.54, 1.807) is 24.7 Å². The summed E-state index contributed by atoms with van der Waals surface area (Å²) in [6.07, 6.45) is 3.82. The van der Waals surface area contributed by atoms with Gasteiger partial charge in [0.25, 0.3) is 0 Å². The minimum absolute atomic E-state index is 0.0680. The number of phenolic OH excluding ortho intramolecular Hbond substituents is 2. The molecule has 14 heavy (non-hydrogen) atoms. The molecule has 0 unspecified atom stereocenters. The lowest BCUT2D eigenvalue weighted by Crippen LogP contribution is -1.85. The molecule has 1 heterocycles. The van der Waals surface area contributed by atoms with Crippen LogP contribution in [-0.2, 0) is 6.42 Å². The fourth-order valence-electron chi connectivity index (χ4n) is 1.31. The fraction of sp³-hybridized carbons (Fsp3) is 0.0909. The number of hydrogen-bond donors (Lipinski definition) is 2. The highest BCUT2D eigenvalue weighted by atomic mass is 16.3. The van der Waals surface area contributed by atoms with Crippen molar-refractivity contribution in [2.24, 2.45) is 0 Å². The molecule has 0 amide bonds. The second-order valence-corrected chi connectivity index (χ2v) is 3.12. The van der Waals surface area contributed by atoms with Crippen LogP contribution in [0.4, 0.5) is 0 Å². The Morgan fingerprint density at radius 1 is 1.14 bits per heavy atom.